The van der Waals surface area contributed by atoms with E-state index in [9.17, 15) is 5.11 Å². The molecule has 0 aliphatic heterocycles. The highest BCUT2D eigenvalue weighted by atomic mass is 16.3. The Bertz CT molecular complexity index is 256. The van der Waals surface area contributed by atoms with Crippen LogP contribution < -0.4 is 0 Å². The van der Waals surface area contributed by atoms with E-state index in [1.165, 1.54) is 32.1 Å². The molecule has 0 aromatic heterocycles. The lowest BCUT2D eigenvalue weighted by Crippen LogP contribution is -2.40. The standard InChI is InChI=1S/C17H34O/c1-13(2)8-7-9-14(3)17(6)11-10-15(12-18)16(17,4)5/h13-15,18H,7-12H2,1-6H3/t14?,15?,17-/m1/s1. The largest absolute Gasteiger partial charge is 0.396 e. The molecule has 1 rings (SSSR count). The van der Waals surface area contributed by atoms with Gasteiger partial charge in [-0.25, -0.2) is 0 Å². The Labute approximate surface area is 114 Å². The summed E-state index contributed by atoms with van der Waals surface area (Å²) in [6.45, 7) is 14.6. The van der Waals surface area contributed by atoms with Crippen molar-refractivity contribution in [2.75, 3.05) is 6.61 Å². The van der Waals surface area contributed by atoms with Crippen LogP contribution in [0.1, 0.15) is 73.6 Å². The minimum absolute atomic E-state index is 0.277. The van der Waals surface area contributed by atoms with Gasteiger partial charge in [0, 0.05) is 6.61 Å². The molecule has 0 bridgehead atoms. The van der Waals surface area contributed by atoms with Gasteiger partial charge in [-0.3, -0.25) is 0 Å². The smallest absolute Gasteiger partial charge is 0.0464 e. The highest BCUT2D eigenvalue weighted by Crippen LogP contribution is 2.60. The van der Waals surface area contributed by atoms with Crippen molar-refractivity contribution < 1.29 is 5.11 Å². The molecule has 0 heterocycles. The second-order valence-electron chi connectivity index (χ2n) is 7.78. The van der Waals surface area contributed by atoms with Crippen LogP contribution >= 0.6 is 0 Å². The summed E-state index contributed by atoms with van der Waals surface area (Å²) in [6.07, 6.45) is 6.54. The molecule has 0 spiro atoms. The van der Waals surface area contributed by atoms with Gasteiger partial charge in [-0.2, -0.15) is 0 Å². The molecule has 1 heteroatoms. The number of hydrogen-bond donors (Lipinski definition) is 1. The van der Waals surface area contributed by atoms with Crippen LogP contribution in [0.15, 0.2) is 0 Å². The Balaban J connectivity index is 2.63. The Kier molecular flexibility index (Phi) is 5.29. The summed E-state index contributed by atoms with van der Waals surface area (Å²) in [5, 5.41) is 9.56. The molecule has 0 radical (unpaired) electrons. The molecule has 0 saturated heterocycles. The van der Waals surface area contributed by atoms with Gasteiger partial charge in [-0.05, 0) is 41.4 Å². The number of aliphatic hydroxyl groups is 1. The van der Waals surface area contributed by atoms with Gasteiger partial charge < -0.3 is 5.11 Å². The summed E-state index contributed by atoms with van der Waals surface area (Å²) in [6, 6.07) is 0. The molecule has 0 amide bonds. The molecule has 3 atom stereocenters. The lowest BCUT2D eigenvalue weighted by atomic mass is 9.59. The van der Waals surface area contributed by atoms with E-state index < -0.39 is 0 Å². The van der Waals surface area contributed by atoms with E-state index in [2.05, 4.69) is 41.5 Å². The Morgan fingerprint density at radius 2 is 1.72 bits per heavy atom. The van der Waals surface area contributed by atoms with Crippen LogP contribution in [0.5, 0.6) is 0 Å². The zero-order valence-electron chi connectivity index (χ0n) is 13.4. The topological polar surface area (TPSA) is 20.2 Å². The maximum absolute atomic E-state index is 9.56. The Morgan fingerprint density at radius 1 is 1.11 bits per heavy atom. The highest BCUT2D eigenvalue weighted by Gasteiger charge is 2.53. The number of aliphatic hydroxyl groups excluding tert-OH is 1. The predicted octanol–water partition coefficient (Wildman–Crippen LogP) is 4.88. The monoisotopic (exact) mass is 254 g/mol. The van der Waals surface area contributed by atoms with Gasteiger partial charge in [0.15, 0.2) is 0 Å². The van der Waals surface area contributed by atoms with Crippen molar-refractivity contribution in [3.8, 4) is 0 Å². The molecule has 1 saturated carbocycles. The third kappa shape index (κ3) is 2.92. The zero-order chi connectivity index (χ0) is 14.0. The SMILES string of the molecule is CC(C)CCCC(C)[C@@]1(C)CCC(CO)C1(C)C. The van der Waals surface area contributed by atoms with E-state index in [4.69, 9.17) is 0 Å². The average Bonchev–Trinajstić information content (AvgIpc) is 2.50. The summed E-state index contributed by atoms with van der Waals surface area (Å²) in [4.78, 5) is 0. The normalized spacial score (nSPS) is 33.0. The van der Waals surface area contributed by atoms with Crippen molar-refractivity contribution in [1.29, 1.82) is 0 Å². The maximum atomic E-state index is 9.56. The van der Waals surface area contributed by atoms with Crippen LogP contribution in [0.2, 0.25) is 0 Å². The van der Waals surface area contributed by atoms with Gasteiger partial charge in [-0.1, -0.05) is 60.8 Å². The van der Waals surface area contributed by atoms with Gasteiger partial charge in [0.1, 0.15) is 0 Å². The van der Waals surface area contributed by atoms with E-state index in [1.807, 2.05) is 0 Å². The van der Waals surface area contributed by atoms with Crippen molar-refractivity contribution in [2.24, 2.45) is 28.6 Å². The van der Waals surface area contributed by atoms with E-state index in [0.29, 0.717) is 17.9 Å². The summed E-state index contributed by atoms with van der Waals surface area (Å²) >= 11 is 0. The number of rotatable bonds is 6. The first kappa shape index (κ1) is 16.0. The second kappa shape index (κ2) is 5.94. The number of hydrogen-bond acceptors (Lipinski definition) is 1. The van der Waals surface area contributed by atoms with Crippen molar-refractivity contribution in [1.82, 2.24) is 0 Å². The molecule has 18 heavy (non-hydrogen) atoms. The first-order chi connectivity index (χ1) is 8.25. The van der Waals surface area contributed by atoms with Gasteiger partial charge in [-0.15, -0.1) is 0 Å². The summed E-state index contributed by atoms with van der Waals surface area (Å²) < 4.78 is 0. The van der Waals surface area contributed by atoms with E-state index in [-0.39, 0.29) is 5.41 Å². The van der Waals surface area contributed by atoms with Gasteiger partial charge in [0.05, 0.1) is 0 Å². The average molecular weight is 254 g/mol. The van der Waals surface area contributed by atoms with Crippen LogP contribution in [-0.4, -0.2) is 11.7 Å². The second-order valence-corrected chi connectivity index (χ2v) is 7.78. The first-order valence-corrected chi connectivity index (χ1v) is 7.86. The third-order valence-corrected chi connectivity index (χ3v) is 6.23. The van der Waals surface area contributed by atoms with Crippen molar-refractivity contribution in [3.63, 3.8) is 0 Å². The zero-order valence-corrected chi connectivity index (χ0v) is 13.4. The molecular formula is C17H34O. The Hall–Kier alpha value is -0.0400. The molecular weight excluding hydrogens is 220 g/mol. The highest BCUT2D eigenvalue weighted by molar-refractivity contribution is 5.02. The molecule has 1 N–H and O–H groups in total. The van der Waals surface area contributed by atoms with Crippen LogP contribution in [-0.2, 0) is 0 Å². The molecule has 1 aliphatic rings. The fraction of sp³-hybridized carbons (Fsp3) is 1.00. The van der Waals surface area contributed by atoms with Crippen LogP contribution in [0, 0.1) is 28.6 Å². The lowest BCUT2D eigenvalue weighted by Gasteiger charge is -2.46. The fourth-order valence-corrected chi connectivity index (χ4v) is 3.98. The first-order valence-electron chi connectivity index (χ1n) is 7.86. The quantitative estimate of drug-likeness (QED) is 0.716. The minimum Gasteiger partial charge on any atom is -0.396 e. The van der Waals surface area contributed by atoms with Gasteiger partial charge in [0.25, 0.3) is 0 Å². The lowest BCUT2D eigenvalue weighted by molar-refractivity contribution is 0.0107. The molecule has 1 aliphatic carbocycles. The fourth-order valence-electron chi connectivity index (χ4n) is 3.98. The Morgan fingerprint density at radius 3 is 2.17 bits per heavy atom. The molecule has 108 valence electrons. The van der Waals surface area contributed by atoms with Crippen molar-refractivity contribution in [3.05, 3.63) is 0 Å². The molecule has 1 fully saturated rings. The molecule has 0 aromatic carbocycles. The van der Waals surface area contributed by atoms with Crippen LogP contribution in [0.3, 0.4) is 0 Å². The minimum atomic E-state index is 0.277. The van der Waals surface area contributed by atoms with Gasteiger partial charge >= 0.3 is 0 Å². The maximum Gasteiger partial charge on any atom is 0.0464 e. The summed E-state index contributed by atoms with van der Waals surface area (Å²) in [7, 11) is 0. The van der Waals surface area contributed by atoms with Gasteiger partial charge in [0.2, 0.25) is 0 Å². The molecule has 1 nitrogen and oxygen atoms in total. The predicted molar refractivity (Wildman–Crippen MR) is 79.6 cm³/mol. The summed E-state index contributed by atoms with van der Waals surface area (Å²) in [5.41, 5.74) is 0.677. The van der Waals surface area contributed by atoms with E-state index in [1.54, 1.807) is 0 Å². The van der Waals surface area contributed by atoms with E-state index in [0.717, 1.165) is 11.8 Å². The van der Waals surface area contributed by atoms with Crippen molar-refractivity contribution in [2.45, 2.75) is 73.6 Å². The van der Waals surface area contributed by atoms with Crippen LogP contribution in [0.25, 0.3) is 0 Å². The van der Waals surface area contributed by atoms with E-state index >= 15 is 0 Å². The molecule has 0 aromatic rings. The van der Waals surface area contributed by atoms with Crippen molar-refractivity contribution >= 4 is 0 Å². The molecule has 2 unspecified atom stereocenters. The summed E-state index contributed by atoms with van der Waals surface area (Å²) in [5.74, 6) is 2.09. The third-order valence-electron chi connectivity index (χ3n) is 6.23. The van der Waals surface area contributed by atoms with Crippen LogP contribution in [0.4, 0.5) is 0 Å².